The predicted molar refractivity (Wildman–Crippen MR) is 100 cm³/mol. The molecule has 0 saturated carbocycles. The lowest BCUT2D eigenvalue weighted by atomic mass is 10.1. The minimum atomic E-state index is -0.487. The van der Waals surface area contributed by atoms with E-state index in [1.807, 2.05) is 6.92 Å². The van der Waals surface area contributed by atoms with E-state index in [1.54, 1.807) is 30.3 Å². The molecule has 0 unspecified atom stereocenters. The molecule has 7 nitrogen and oxygen atoms in total. The molecule has 0 aliphatic carbocycles. The van der Waals surface area contributed by atoms with Gasteiger partial charge in [-0.2, -0.15) is 5.10 Å². The average molecular weight is 354 g/mol. The van der Waals surface area contributed by atoms with Crippen molar-refractivity contribution in [3.63, 3.8) is 0 Å². The van der Waals surface area contributed by atoms with Crippen LogP contribution in [0.1, 0.15) is 40.6 Å². The Balaban J connectivity index is 2.21. The Morgan fingerprint density at radius 2 is 1.96 bits per heavy atom. The number of rotatable bonds is 8. The van der Waals surface area contributed by atoms with Gasteiger partial charge in [0, 0.05) is 19.2 Å². The number of aromatic nitrogens is 2. The van der Waals surface area contributed by atoms with Gasteiger partial charge >= 0.3 is 0 Å². The normalized spacial score (nSPS) is 10.2. The number of benzene rings is 1. The number of aryl methyl sites for hydroxylation is 1. The molecule has 0 radical (unpaired) electrons. The van der Waals surface area contributed by atoms with Gasteiger partial charge in [-0.15, -0.1) is 6.58 Å². The van der Waals surface area contributed by atoms with Crippen molar-refractivity contribution >= 4 is 17.5 Å². The molecule has 2 aromatic rings. The van der Waals surface area contributed by atoms with E-state index in [9.17, 15) is 14.4 Å². The number of para-hydroxylation sites is 1. The minimum absolute atomic E-state index is 0.113. The lowest BCUT2D eigenvalue weighted by Gasteiger charge is -2.11. The van der Waals surface area contributed by atoms with Gasteiger partial charge in [0.25, 0.3) is 17.4 Å². The zero-order valence-electron chi connectivity index (χ0n) is 14.7. The largest absolute Gasteiger partial charge is 0.349 e. The van der Waals surface area contributed by atoms with Crippen LogP contribution in [-0.4, -0.2) is 28.1 Å². The van der Waals surface area contributed by atoms with E-state index in [0.29, 0.717) is 24.3 Å². The fourth-order valence-corrected chi connectivity index (χ4v) is 2.27. The topological polar surface area (TPSA) is 93.1 Å². The summed E-state index contributed by atoms with van der Waals surface area (Å²) in [5.74, 6) is -0.805. The lowest BCUT2D eigenvalue weighted by molar-refractivity contribution is 0.0959. The molecule has 0 aliphatic heterocycles. The Hall–Kier alpha value is -3.22. The molecule has 0 saturated heterocycles. The van der Waals surface area contributed by atoms with Crippen LogP contribution in [0.15, 0.2) is 53.8 Å². The van der Waals surface area contributed by atoms with Crippen LogP contribution in [0.25, 0.3) is 0 Å². The number of carbonyl (C=O) groups excluding carboxylic acids is 2. The second-order valence-corrected chi connectivity index (χ2v) is 5.63. The molecule has 0 bridgehead atoms. The molecule has 7 heteroatoms. The van der Waals surface area contributed by atoms with E-state index in [-0.39, 0.29) is 17.2 Å². The molecule has 26 heavy (non-hydrogen) atoms. The summed E-state index contributed by atoms with van der Waals surface area (Å²) >= 11 is 0. The summed E-state index contributed by atoms with van der Waals surface area (Å²) < 4.78 is 1.28. The number of carbonyl (C=O) groups is 2. The Morgan fingerprint density at radius 1 is 1.19 bits per heavy atom. The first-order valence-electron chi connectivity index (χ1n) is 8.44. The van der Waals surface area contributed by atoms with Crippen LogP contribution in [0.3, 0.4) is 0 Å². The highest BCUT2D eigenvalue weighted by Gasteiger charge is 2.15. The minimum Gasteiger partial charge on any atom is -0.349 e. The third kappa shape index (κ3) is 4.89. The maximum absolute atomic E-state index is 12.5. The molecular formula is C19H22N4O3. The van der Waals surface area contributed by atoms with Gasteiger partial charge in [-0.25, -0.2) is 4.68 Å². The lowest BCUT2D eigenvalue weighted by Crippen LogP contribution is -2.27. The smallest absolute Gasteiger partial charge is 0.276 e. The molecule has 1 heterocycles. The molecule has 2 N–H and O–H groups in total. The summed E-state index contributed by atoms with van der Waals surface area (Å²) in [6.45, 7) is 6.34. The van der Waals surface area contributed by atoms with Crippen LogP contribution in [0.5, 0.6) is 0 Å². The summed E-state index contributed by atoms with van der Waals surface area (Å²) in [6, 6.07) is 9.37. The van der Waals surface area contributed by atoms with Crippen molar-refractivity contribution in [3.8, 4) is 0 Å². The summed E-state index contributed by atoms with van der Waals surface area (Å²) in [7, 11) is 0. The van der Waals surface area contributed by atoms with E-state index in [1.165, 1.54) is 16.8 Å². The highest BCUT2D eigenvalue weighted by molar-refractivity contribution is 6.08. The molecular weight excluding hydrogens is 332 g/mol. The number of amides is 2. The maximum Gasteiger partial charge on any atom is 0.276 e. The van der Waals surface area contributed by atoms with E-state index in [4.69, 9.17) is 0 Å². The van der Waals surface area contributed by atoms with Gasteiger partial charge < -0.3 is 10.6 Å². The molecule has 1 aromatic carbocycles. The SMILES string of the molecule is C=CCNC(=O)c1ccccc1NC(=O)c1ccc(=O)n(CCCC)n1. The van der Waals surface area contributed by atoms with Crippen LogP contribution in [0.4, 0.5) is 5.69 Å². The van der Waals surface area contributed by atoms with Gasteiger partial charge in [0.2, 0.25) is 0 Å². The Morgan fingerprint density at radius 3 is 2.69 bits per heavy atom. The van der Waals surface area contributed by atoms with Gasteiger partial charge in [-0.3, -0.25) is 14.4 Å². The third-order valence-electron chi connectivity index (χ3n) is 3.65. The van der Waals surface area contributed by atoms with Crippen molar-refractivity contribution in [2.45, 2.75) is 26.3 Å². The zero-order valence-corrected chi connectivity index (χ0v) is 14.7. The number of nitrogens with one attached hydrogen (secondary N) is 2. The zero-order chi connectivity index (χ0) is 18.9. The number of nitrogens with zero attached hydrogens (tertiary/aromatic N) is 2. The first-order valence-corrected chi connectivity index (χ1v) is 8.44. The van der Waals surface area contributed by atoms with Crippen molar-refractivity contribution in [2.24, 2.45) is 0 Å². The van der Waals surface area contributed by atoms with E-state index >= 15 is 0 Å². The number of hydrogen-bond donors (Lipinski definition) is 2. The van der Waals surface area contributed by atoms with Crippen LogP contribution in [0, 0.1) is 0 Å². The first-order chi connectivity index (χ1) is 12.6. The summed E-state index contributed by atoms with van der Waals surface area (Å²) in [4.78, 5) is 36.5. The third-order valence-corrected chi connectivity index (χ3v) is 3.65. The highest BCUT2D eigenvalue weighted by atomic mass is 16.2. The van der Waals surface area contributed by atoms with Crippen molar-refractivity contribution < 1.29 is 9.59 Å². The van der Waals surface area contributed by atoms with E-state index in [0.717, 1.165) is 12.8 Å². The van der Waals surface area contributed by atoms with Gasteiger partial charge in [-0.05, 0) is 24.6 Å². The second kappa shape index (κ2) is 9.31. The van der Waals surface area contributed by atoms with Gasteiger partial charge in [0.1, 0.15) is 5.69 Å². The first kappa shape index (κ1) is 19.1. The Bertz CT molecular complexity index is 858. The Kier molecular flexibility index (Phi) is 6.84. The maximum atomic E-state index is 12.5. The molecule has 1 aromatic heterocycles. The molecule has 0 atom stereocenters. The van der Waals surface area contributed by atoms with Crippen LogP contribution in [0.2, 0.25) is 0 Å². The van der Waals surface area contributed by atoms with Crippen molar-refractivity contribution in [3.05, 3.63) is 70.7 Å². The average Bonchev–Trinajstić information content (AvgIpc) is 2.65. The predicted octanol–water partition coefficient (Wildman–Crippen LogP) is 2.21. The fraction of sp³-hybridized carbons (Fsp3) is 0.263. The monoisotopic (exact) mass is 354 g/mol. The number of anilines is 1. The fourth-order valence-electron chi connectivity index (χ4n) is 2.27. The number of hydrogen-bond acceptors (Lipinski definition) is 4. The van der Waals surface area contributed by atoms with E-state index in [2.05, 4.69) is 22.3 Å². The quantitative estimate of drug-likeness (QED) is 0.711. The molecule has 2 rings (SSSR count). The molecule has 0 aliphatic rings. The van der Waals surface area contributed by atoms with Crippen molar-refractivity contribution in [2.75, 3.05) is 11.9 Å². The second-order valence-electron chi connectivity index (χ2n) is 5.63. The van der Waals surface area contributed by atoms with Gasteiger partial charge in [-0.1, -0.05) is 31.6 Å². The standard InChI is InChI=1S/C19H22N4O3/c1-3-5-13-23-17(24)11-10-16(22-23)19(26)21-15-9-7-6-8-14(15)18(25)20-12-4-2/h4,6-11H,2-3,5,12-13H2,1H3,(H,20,25)(H,21,26). The Labute approximate surface area is 151 Å². The highest BCUT2D eigenvalue weighted by Crippen LogP contribution is 2.15. The summed E-state index contributed by atoms with van der Waals surface area (Å²) in [5.41, 5.74) is 0.565. The molecule has 0 spiro atoms. The van der Waals surface area contributed by atoms with Gasteiger partial charge in [0.15, 0.2) is 0 Å². The summed E-state index contributed by atoms with van der Waals surface area (Å²) in [5, 5.41) is 9.46. The van der Waals surface area contributed by atoms with Crippen molar-refractivity contribution in [1.29, 1.82) is 0 Å². The molecule has 0 fully saturated rings. The van der Waals surface area contributed by atoms with Crippen LogP contribution < -0.4 is 16.2 Å². The van der Waals surface area contributed by atoms with Gasteiger partial charge in [0.05, 0.1) is 11.3 Å². The number of unbranched alkanes of at least 4 members (excludes halogenated alkanes) is 1. The van der Waals surface area contributed by atoms with Crippen LogP contribution >= 0.6 is 0 Å². The molecule has 136 valence electrons. The summed E-state index contributed by atoms with van der Waals surface area (Å²) in [6.07, 6.45) is 3.28. The van der Waals surface area contributed by atoms with Crippen molar-refractivity contribution in [1.82, 2.24) is 15.1 Å². The van der Waals surface area contributed by atoms with Crippen LogP contribution in [-0.2, 0) is 6.54 Å². The molecule has 2 amide bonds. The van der Waals surface area contributed by atoms with E-state index < -0.39 is 5.91 Å².